The predicted molar refractivity (Wildman–Crippen MR) is 99.1 cm³/mol. The molecule has 28 heavy (non-hydrogen) atoms. The molecule has 3 rings (SSSR count). The van der Waals surface area contributed by atoms with Crippen molar-refractivity contribution in [2.75, 3.05) is 5.73 Å². The molecule has 0 saturated carbocycles. The summed E-state index contributed by atoms with van der Waals surface area (Å²) < 4.78 is 39.7. The van der Waals surface area contributed by atoms with Gasteiger partial charge < -0.3 is 11.1 Å². The van der Waals surface area contributed by atoms with Crippen molar-refractivity contribution in [2.45, 2.75) is 19.1 Å². The number of rotatable bonds is 4. The van der Waals surface area contributed by atoms with Crippen LogP contribution in [0.4, 0.5) is 18.9 Å². The Labute approximate surface area is 164 Å². The van der Waals surface area contributed by atoms with Gasteiger partial charge in [-0.05, 0) is 25.1 Å². The highest BCUT2D eigenvalue weighted by Crippen LogP contribution is 2.29. The molecule has 148 valence electrons. The van der Waals surface area contributed by atoms with E-state index in [0.717, 1.165) is 12.3 Å². The Morgan fingerprint density at radius 3 is 2.61 bits per heavy atom. The Morgan fingerprint density at radius 2 is 1.96 bits per heavy atom. The van der Waals surface area contributed by atoms with Gasteiger partial charge in [0.1, 0.15) is 6.33 Å². The molecule has 0 aliphatic carbocycles. The molecule has 0 fully saturated rings. The van der Waals surface area contributed by atoms with E-state index in [1.165, 1.54) is 17.2 Å². The first-order valence-corrected chi connectivity index (χ1v) is 7.70. The van der Waals surface area contributed by atoms with Crippen molar-refractivity contribution in [2.24, 2.45) is 0 Å². The molecule has 3 aromatic heterocycles. The van der Waals surface area contributed by atoms with E-state index in [2.05, 4.69) is 25.4 Å². The number of carbonyl (C=O) groups excluding carboxylic acids is 1. The molecule has 3 N–H and O–H groups in total. The summed E-state index contributed by atoms with van der Waals surface area (Å²) in [5, 5.41) is 6.63. The van der Waals surface area contributed by atoms with Crippen molar-refractivity contribution in [1.82, 2.24) is 30.0 Å². The first-order chi connectivity index (χ1) is 12.8. The maximum absolute atomic E-state index is 12.8. The van der Waals surface area contributed by atoms with Gasteiger partial charge in [-0.2, -0.15) is 36.4 Å². The Kier molecular flexibility index (Phi) is 6.23. The van der Waals surface area contributed by atoms with E-state index in [0.29, 0.717) is 23.5 Å². The minimum atomic E-state index is -4.59. The minimum absolute atomic E-state index is 0. The highest BCUT2D eigenvalue weighted by Gasteiger charge is 2.31. The van der Waals surface area contributed by atoms with Crippen LogP contribution in [0, 0.1) is 0 Å². The molecule has 0 saturated heterocycles. The van der Waals surface area contributed by atoms with E-state index in [1.807, 2.05) is 0 Å². The molecule has 3 aromatic rings. The lowest BCUT2D eigenvalue weighted by Crippen LogP contribution is -2.29. The number of amides is 1. The third-order valence-corrected chi connectivity index (χ3v) is 3.62. The molecule has 0 spiro atoms. The summed E-state index contributed by atoms with van der Waals surface area (Å²) in [6.45, 7) is 1.62. The molecule has 0 bridgehead atoms. The van der Waals surface area contributed by atoms with Gasteiger partial charge in [-0.15, -0.1) is 0 Å². The molecular formula is C16H16F3N7OS. The van der Waals surface area contributed by atoms with Gasteiger partial charge in [-0.1, -0.05) is 0 Å². The van der Waals surface area contributed by atoms with Gasteiger partial charge in [0.05, 0.1) is 29.1 Å². The van der Waals surface area contributed by atoms with Crippen molar-refractivity contribution >= 4 is 25.1 Å². The molecular weight excluding hydrogens is 395 g/mol. The van der Waals surface area contributed by atoms with Gasteiger partial charge in [0, 0.05) is 12.4 Å². The van der Waals surface area contributed by atoms with Crippen LogP contribution in [0.2, 0.25) is 0 Å². The second-order valence-corrected chi connectivity index (χ2v) is 5.63. The van der Waals surface area contributed by atoms with Crippen LogP contribution in [0.15, 0.2) is 43.1 Å². The van der Waals surface area contributed by atoms with Crippen LogP contribution >= 0.6 is 13.5 Å². The SMILES string of the molecule is C[C@H](NC(=O)c1cncc(C(F)(F)F)c1)c1ncnn1-c1ccc(N)cn1.S. The summed E-state index contributed by atoms with van der Waals surface area (Å²) in [5.74, 6) is 0.0556. The zero-order valence-corrected chi connectivity index (χ0v) is 15.5. The zero-order chi connectivity index (χ0) is 19.6. The van der Waals surface area contributed by atoms with Crippen LogP contribution in [-0.4, -0.2) is 30.6 Å². The van der Waals surface area contributed by atoms with Gasteiger partial charge >= 0.3 is 6.18 Å². The summed E-state index contributed by atoms with van der Waals surface area (Å²) in [6.07, 6.45) is -0.150. The molecule has 1 atom stereocenters. The number of halogens is 3. The summed E-state index contributed by atoms with van der Waals surface area (Å²) >= 11 is 0. The monoisotopic (exact) mass is 411 g/mol. The van der Waals surface area contributed by atoms with Crippen LogP contribution in [0.3, 0.4) is 0 Å². The van der Waals surface area contributed by atoms with E-state index in [4.69, 9.17) is 5.73 Å². The Balaban J connectivity index is 0.00000280. The number of alkyl halides is 3. The molecule has 0 aliphatic heterocycles. The fourth-order valence-corrected chi connectivity index (χ4v) is 2.31. The zero-order valence-electron chi connectivity index (χ0n) is 14.5. The highest BCUT2D eigenvalue weighted by molar-refractivity contribution is 7.59. The van der Waals surface area contributed by atoms with Crippen LogP contribution in [0.5, 0.6) is 0 Å². The predicted octanol–water partition coefficient (Wildman–Crippen LogP) is 2.26. The summed E-state index contributed by atoms with van der Waals surface area (Å²) in [4.78, 5) is 24.0. The Bertz CT molecular complexity index is 959. The number of nitrogens with one attached hydrogen (secondary N) is 1. The third kappa shape index (κ3) is 4.57. The minimum Gasteiger partial charge on any atom is -0.397 e. The van der Waals surface area contributed by atoms with Gasteiger partial charge in [0.2, 0.25) is 0 Å². The Hall–Kier alpha value is -3.15. The first-order valence-electron chi connectivity index (χ1n) is 7.70. The van der Waals surface area contributed by atoms with Crippen LogP contribution in [0.25, 0.3) is 5.82 Å². The first kappa shape index (κ1) is 21.2. The number of anilines is 1. The fraction of sp³-hybridized carbons (Fsp3) is 0.188. The smallest absolute Gasteiger partial charge is 0.397 e. The number of pyridine rings is 2. The van der Waals surface area contributed by atoms with E-state index >= 15 is 0 Å². The maximum Gasteiger partial charge on any atom is 0.417 e. The van der Waals surface area contributed by atoms with Gasteiger partial charge in [-0.3, -0.25) is 9.78 Å². The lowest BCUT2D eigenvalue weighted by molar-refractivity contribution is -0.137. The van der Waals surface area contributed by atoms with E-state index < -0.39 is 23.7 Å². The standard InChI is InChI=1S/C16H14F3N7O.H2S/c1-9(14-23-8-24-26(14)13-3-2-12(20)7-22-13)25-15(27)10-4-11(6-21-5-10)16(17,18)19;/h2-9H,20H2,1H3,(H,25,27);1H2/t9-;/m0./s1. The van der Waals surface area contributed by atoms with E-state index in [9.17, 15) is 18.0 Å². The van der Waals surface area contributed by atoms with Crippen LogP contribution in [0.1, 0.15) is 34.7 Å². The number of nitrogen functional groups attached to an aromatic ring is 1. The summed E-state index contributed by atoms with van der Waals surface area (Å²) in [6, 6.07) is 3.33. The lowest BCUT2D eigenvalue weighted by atomic mass is 10.2. The number of hydrogen-bond donors (Lipinski definition) is 2. The number of hydrogen-bond acceptors (Lipinski definition) is 6. The van der Waals surface area contributed by atoms with Crippen LogP contribution in [-0.2, 0) is 6.18 Å². The molecule has 1 amide bonds. The Morgan fingerprint density at radius 1 is 1.21 bits per heavy atom. The normalized spacial score (nSPS) is 12.1. The number of nitrogens with two attached hydrogens (primary N) is 1. The molecule has 0 aliphatic rings. The number of carbonyl (C=O) groups is 1. The largest absolute Gasteiger partial charge is 0.417 e. The average molecular weight is 411 g/mol. The van der Waals surface area contributed by atoms with Crippen molar-refractivity contribution in [3.63, 3.8) is 0 Å². The average Bonchev–Trinajstić information content (AvgIpc) is 3.11. The van der Waals surface area contributed by atoms with E-state index in [-0.39, 0.29) is 19.1 Å². The molecule has 0 unspecified atom stereocenters. The summed E-state index contributed by atoms with van der Waals surface area (Å²) in [5.41, 5.74) is 4.85. The van der Waals surface area contributed by atoms with Gasteiger partial charge in [-0.25, -0.2) is 9.97 Å². The lowest BCUT2D eigenvalue weighted by Gasteiger charge is -2.15. The topological polar surface area (TPSA) is 112 Å². The van der Waals surface area contributed by atoms with Crippen molar-refractivity contribution in [3.8, 4) is 5.82 Å². The number of nitrogens with zero attached hydrogens (tertiary/aromatic N) is 5. The fourth-order valence-electron chi connectivity index (χ4n) is 2.31. The molecule has 0 radical (unpaired) electrons. The van der Waals surface area contributed by atoms with Crippen molar-refractivity contribution in [1.29, 1.82) is 0 Å². The summed E-state index contributed by atoms with van der Waals surface area (Å²) in [7, 11) is 0. The van der Waals surface area contributed by atoms with E-state index in [1.54, 1.807) is 19.1 Å². The molecule has 0 aromatic carbocycles. The second-order valence-electron chi connectivity index (χ2n) is 5.63. The second kappa shape index (κ2) is 8.25. The third-order valence-electron chi connectivity index (χ3n) is 3.62. The molecule has 3 heterocycles. The number of aromatic nitrogens is 5. The van der Waals surface area contributed by atoms with Gasteiger partial charge in [0.25, 0.3) is 5.91 Å². The van der Waals surface area contributed by atoms with Crippen molar-refractivity contribution in [3.05, 3.63) is 60.1 Å². The van der Waals surface area contributed by atoms with Crippen LogP contribution < -0.4 is 11.1 Å². The maximum atomic E-state index is 12.8. The highest BCUT2D eigenvalue weighted by atomic mass is 32.1. The van der Waals surface area contributed by atoms with Gasteiger partial charge in [0.15, 0.2) is 11.6 Å². The van der Waals surface area contributed by atoms with Crippen molar-refractivity contribution < 1.29 is 18.0 Å². The molecule has 8 nitrogen and oxygen atoms in total. The quantitative estimate of drug-likeness (QED) is 0.681. The molecule has 12 heteroatoms.